The first kappa shape index (κ1) is 14.5. The van der Waals surface area contributed by atoms with E-state index < -0.39 is 5.82 Å². The summed E-state index contributed by atoms with van der Waals surface area (Å²) in [5, 5.41) is 21.8. The number of nitriles is 1. The maximum Gasteiger partial charge on any atom is 0.304 e. The highest BCUT2D eigenvalue weighted by molar-refractivity contribution is 5.78. The van der Waals surface area contributed by atoms with Crippen LogP contribution < -0.4 is 9.16 Å². The van der Waals surface area contributed by atoms with Crippen LogP contribution in [0.2, 0.25) is 0 Å². The number of hydrogen-bond acceptors (Lipinski definition) is 4. The molecule has 0 bridgehead atoms. The number of ether oxygens (including phenoxy) is 1. The molecule has 0 spiro atoms. The molecule has 7 heteroatoms. The molecule has 6 nitrogen and oxygen atoms in total. The lowest BCUT2D eigenvalue weighted by Gasteiger charge is -2.15. The summed E-state index contributed by atoms with van der Waals surface area (Å²) in [6, 6.07) is 11.1. The fourth-order valence-electron chi connectivity index (χ4n) is 2.36. The zero-order chi connectivity index (χ0) is 16.6. The van der Waals surface area contributed by atoms with Crippen LogP contribution in [0.4, 0.5) is 4.39 Å². The highest BCUT2D eigenvalue weighted by atomic mass is 19.1. The van der Waals surface area contributed by atoms with Crippen molar-refractivity contribution in [2.45, 2.75) is 0 Å². The number of aromatic nitrogens is 2. The minimum atomic E-state index is -0.481. The summed E-state index contributed by atoms with van der Waals surface area (Å²) in [5.74, 6) is -0.0919. The first-order valence-electron chi connectivity index (χ1n) is 6.59. The van der Waals surface area contributed by atoms with Crippen molar-refractivity contribution in [2.24, 2.45) is 0 Å². The first-order valence-corrected chi connectivity index (χ1v) is 6.59. The van der Waals surface area contributed by atoms with Gasteiger partial charge in [-0.1, -0.05) is 0 Å². The number of benzene rings is 2. The largest absolute Gasteiger partial charge is 0.804 e. The lowest BCUT2D eigenvalue weighted by atomic mass is 10.1. The molecule has 2 aromatic carbocycles. The quantitative estimate of drug-likeness (QED) is 0.681. The van der Waals surface area contributed by atoms with Crippen molar-refractivity contribution in [1.82, 2.24) is 4.73 Å². The summed E-state index contributed by atoms with van der Waals surface area (Å²) in [7, 11) is 1.43. The van der Waals surface area contributed by atoms with Crippen molar-refractivity contribution >= 4 is 11.0 Å². The van der Waals surface area contributed by atoms with E-state index >= 15 is 0 Å². The highest BCUT2D eigenvalue weighted by Gasteiger charge is 2.24. The van der Waals surface area contributed by atoms with Crippen LogP contribution in [0.5, 0.6) is 5.75 Å². The van der Waals surface area contributed by atoms with Gasteiger partial charge in [0, 0.05) is 17.0 Å². The van der Waals surface area contributed by atoms with Crippen LogP contribution in [0.3, 0.4) is 0 Å². The van der Waals surface area contributed by atoms with E-state index in [1.54, 1.807) is 6.07 Å². The minimum absolute atomic E-state index is 0.0155. The van der Waals surface area contributed by atoms with Gasteiger partial charge in [-0.15, -0.1) is 0 Å². The van der Waals surface area contributed by atoms with Gasteiger partial charge in [-0.3, -0.25) is 0 Å². The zero-order valence-electron chi connectivity index (χ0n) is 12.0. The van der Waals surface area contributed by atoms with Crippen LogP contribution in [-0.4, -0.2) is 11.8 Å². The zero-order valence-corrected chi connectivity index (χ0v) is 12.0. The maximum absolute atomic E-state index is 13.1. The Morgan fingerprint density at radius 2 is 1.96 bits per heavy atom. The molecule has 23 heavy (non-hydrogen) atoms. The van der Waals surface area contributed by atoms with Gasteiger partial charge in [-0.05, 0) is 30.3 Å². The summed E-state index contributed by atoms with van der Waals surface area (Å²) in [6.07, 6.45) is 0. The van der Waals surface area contributed by atoms with E-state index in [0.29, 0.717) is 14.9 Å². The van der Waals surface area contributed by atoms with E-state index in [9.17, 15) is 19.8 Å². The van der Waals surface area contributed by atoms with E-state index in [4.69, 9.17) is 4.74 Å². The molecule has 0 fully saturated rings. The van der Waals surface area contributed by atoms with Crippen LogP contribution in [0.15, 0.2) is 42.5 Å². The molecule has 0 amide bonds. The molecule has 0 N–H and O–H groups in total. The van der Waals surface area contributed by atoms with Crippen molar-refractivity contribution in [1.29, 1.82) is 5.26 Å². The third-order valence-corrected chi connectivity index (χ3v) is 3.47. The third kappa shape index (κ3) is 2.26. The Hall–Kier alpha value is -3.40. The molecular weight excluding hydrogens is 301 g/mol. The van der Waals surface area contributed by atoms with Gasteiger partial charge in [0.15, 0.2) is 5.69 Å². The van der Waals surface area contributed by atoms with Gasteiger partial charge in [0.05, 0.1) is 17.1 Å². The van der Waals surface area contributed by atoms with E-state index in [1.807, 2.05) is 0 Å². The average molecular weight is 311 g/mol. The Balaban J connectivity index is 2.43. The predicted molar refractivity (Wildman–Crippen MR) is 80.7 cm³/mol. The summed E-state index contributed by atoms with van der Waals surface area (Å²) < 4.78 is 19.0. The Bertz CT molecular complexity index is 1000. The first-order chi connectivity index (χ1) is 11.1. The van der Waals surface area contributed by atoms with Gasteiger partial charge in [0.1, 0.15) is 23.2 Å². The van der Waals surface area contributed by atoms with E-state index in [1.165, 1.54) is 37.4 Å². The van der Waals surface area contributed by atoms with E-state index in [-0.39, 0.29) is 28.0 Å². The summed E-state index contributed by atoms with van der Waals surface area (Å²) in [4.78, 5) is 12.6. The summed E-state index contributed by atoms with van der Waals surface area (Å²) in [6.45, 7) is 0. The normalized spacial score (nSPS) is 10.5. The lowest BCUT2D eigenvalue weighted by molar-refractivity contribution is -0.452. The summed E-state index contributed by atoms with van der Waals surface area (Å²) in [5.41, 5.74) is -0.117. The molecular formula is C16H10FN3O3. The van der Waals surface area contributed by atoms with Crippen molar-refractivity contribution in [3.63, 3.8) is 0 Å². The maximum atomic E-state index is 13.1. The number of fused-ring (bicyclic) bond motifs is 1. The fraction of sp³-hybridized carbons (Fsp3) is 0.0625. The number of halogens is 1. The van der Waals surface area contributed by atoms with Crippen molar-refractivity contribution in [2.75, 3.05) is 7.11 Å². The van der Waals surface area contributed by atoms with Crippen LogP contribution in [0.1, 0.15) is 5.69 Å². The Kier molecular flexibility index (Phi) is 3.43. The van der Waals surface area contributed by atoms with Crippen molar-refractivity contribution in [3.8, 4) is 23.1 Å². The fourth-order valence-corrected chi connectivity index (χ4v) is 2.36. The van der Waals surface area contributed by atoms with E-state index in [2.05, 4.69) is 0 Å². The van der Waals surface area contributed by atoms with Gasteiger partial charge in [0.2, 0.25) is 0 Å². The molecule has 1 heterocycles. The van der Waals surface area contributed by atoms with Crippen LogP contribution in [0, 0.1) is 27.3 Å². The molecule has 0 atom stereocenters. The second-order valence-corrected chi connectivity index (χ2v) is 4.76. The molecule has 0 saturated heterocycles. The molecule has 0 saturated carbocycles. The summed E-state index contributed by atoms with van der Waals surface area (Å²) >= 11 is 0. The van der Waals surface area contributed by atoms with E-state index in [0.717, 1.165) is 12.1 Å². The minimum Gasteiger partial charge on any atom is -0.804 e. The number of hydrogen-bond donors (Lipinski definition) is 0. The van der Waals surface area contributed by atoms with Gasteiger partial charge >= 0.3 is 5.69 Å². The molecule has 1 aromatic heterocycles. The van der Waals surface area contributed by atoms with Crippen LogP contribution in [-0.2, 0) is 0 Å². The SMILES string of the molecule is COc1ccc2c(c1)n([O-])c(C#N)c(-c1ccc(F)cc1)[n+]2=O. The number of rotatable bonds is 2. The molecule has 0 unspecified atom stereocenters. The standard InChI is InChI=1S/C16H10FN3O3/c1-23-12-6-7-13-14(8-12)19(21)15(9-18)16(20(13)22)10-2-4-11(17)5-3-10/h2-8H,1H3. The molecule has 0 aliphatic heterocycles. The predicted octanol–water partition coefficient (Wildman–Crippen LogP) is 2.59. The molecule has 114 valence electrons. The van der Waals surface area contributed by atoms with Gasteiger partial charge in [0.25, 0.3) is 5.52 Å². The van der Waals surface area contributed by atoms with Gasteiger partial charge in [-0.25, -0.2) is 4.39 Å². The molecule has 0 aliphatic carbocycles. The number of methoxy groups -OCH3 is 1. The van der Waals surface area contributed by atoms with Crippen molar-refractivity contribution in [3.05, 3.63) is 64.1 Å². The Morgan fingerprint density at radius 1 is 1.26 bits per heavy atom. The highest BCUT2D eigenvalue weighted by Crippen LogP contribution is 2.25. The Morgan fingerprint density at radius 3 is 2.57 bits per heavy atom. The molecule has 0 aliphatic rings. The van der Waals surface area contributed by atoms with Crippen LogP contribution in [0.25, 0.3) is 22.3 Å². The van der Waals surface area contributed by atoms with Gasteiger partial charge in [-0.2, -0.15) is 5.26 Å². The third-order valence-electron chi connectivity index (χ3n) is 3.47. The second-order valence-electron chi connectivity index (χ2n) is 4.76. The molecule has 3 aromatic rings. The van der Waals surface area contributed by atoms with Gasteiger partial charge < -0.3 is 14.7 Å². The number of nitrogens with zero attached hydrogens (tertiary/aromatic N) is 3. The Labute approximate surface area is 129 Å². The molecule has 3 rings (SSSR count). The topological polar surface area (TPSA) is 84.0 Å². The second kappa shape index (κ2) is 5.42. The average Bonchev–Trinajstić information content (AvgIpc) is 2.58. The molecule has 0 radical (unpaired) electrons. The van der Waals surface area contributed by atoms with Crippen LogP contribution >= 0.6 is 0 Å². The lowest BCUT2D eigenvalue weighted by Crippen LogP contribution is -2.24. The van der Waals surface area contributed by atoms with Crippen molar-refractivity contribution < 1.29 is 13.6 Å². The smallest absolute Gasteiger partial charge is 0.304 e. The monoisotopic (exact) mass is 311 g/mol.